The van der Waals surface area contributed by atoms with Gasteiger partial charge in [-0.1, -0.05) is 27.7 Å². The molecule has 1 saturated carbocycles. The number of rotatable bonds is 6. The molecule has 6 heteroatoms. The van der Waals surface area contributed by atoms with E-state index in [-0.39, 0.29) is 5.56 Å². The molecule has 1 aliphatic rings. The van der Waals surface area contributed by atoms with E-state index in [1.165, 1.54) is 4.68 Å². The second-order valence-corrected chi connectivity index (χ2v) is 7.56. The van der Waals surface area contributed by atoms with Crippen LogP contribution in [-0.4, -0.2) is 30.0 Å². The fourth-order valence-corrected chi connectivity index (χ4v) is 3.43. The highest BCUT2D eigenvalue weighted by atomic mass is 79.9. The first kappa shape index (κ1) is 16.5. The van der Waals surface area contributed by atoms with Crippen LogP contribution in [0, 0.1) is 16.7 Å². The van der Waals surface area contributed by atoms with Gasteiger partial charge in [0.1, 0.15) is 4.47 Å². The van der Waals surface area contributed by atoms with E-state index in [0.29, 0.717) is 34.4 Å². The van der Waals surface area contributed by atoms with Gasteiger partial charge in [0.2, 0.25) is 0 Å². The minimum Gasteiger partial charge on any atom is -0.383 e. The Kier molecular flexibility index (Phi) is 4.49. The van der Waals surface area contributed by atoms with Crippen LogP contribution in [0.1, 0.15) is 27.7 Å². The Balaban J connectivity index is 2.06. The van der Waals surface area contributed by atoms with Crippen LogP contribution in [0.2, 0.25) is 0 Å². The van der Waals surface area contributed by atoms with Gasteiger partial charge in [-0.3, -0.25) is 4.79 Å². The molecule has 1 fully saturated rings. The van der Waals surface area contributed by atoms with Crippen LogP contribution in [0.3, 0.4) is 0 Å². The van der Waals surface area contributed by atoms with Gasteiger partial charge >= 0.3 is 0 Å². The predicted octanol–water partition coefficient (Wildman–Crippen LogP) is 2.75. The molecule has 0 atom stereocenters. The van der Waals surface area contributed by atoms with Crippen molar-refractivity contribution in [3.8, 4) is 0 Å². The van der Waals surface area contributed by atoms with Gasteiger partial charge in [0.25, 0.3) is 5.56 Å². The lowest BCUT2D eigenvalue weighted by Crippen LogP contribution is -2.26. The zero-order valence-corrected chi connectivity index (χ0v) is 15.0. The number of ether oxygens (including phenoxy) is 1. The summed E-state index contributed by atoms with van der Waals surface area (Å²) in [4.78, 5) is 12.2. The maximum atomic E-state index is 12.2. The van der Waals surface area contributed by atoms with Crippen LogP contribution < -0.4 is 10.9 Å². The van der Waals surface area contributed by atoms with Crippen LogP contribution in [0.15, 0.2) is 15.5 Å². The fourth-order valence-electron chi connectivity index (χ4n) is 2.98. The molecule has 21 heavy (non-hydrogen) atoms. The van der Waals surface area contributed by atoms with Crippen molar-refractivity contribution in [2.75, 3.05) is 25.6 Å². The summed E-state index contributed by atoms with van der Waals surface area (Å²) in [7, 11) is 1.61. The minimum atomic E-state index is -0.133. The molecule has 0 bridgehead atoms. The molecular formula is C15H24BrN3O2. The van der Waals surface area contributed by atoms with Crippen molar-refractivity contribution < 1.29 is 4.74 Å². The number of hydrogen-bond acceptors (Lipinski definition) is 4. The molecule has 1 heterocycles. The van der Waals surface area contributed by atoms with Gasteiger partial charge in [0.15, 0.2) is 0 Å². The van der Waals surface area contributed by atoms with E-state index < -0.39 is 0 Å². The van der Waals surface area contributed by atoms with E-state index >= 15 is 0 Å². The first-order valence-corrected chi connectivity index (χ1v) is 8.01. The number of nitrogens with one attached hydrogen (secondary N) is 1. The van der Waals surface area contributed by atoms with Crippen LogP contribution in [0.5, 0.6) is 0 Å². The van der Waals surface area contributed by atoms with Crippen molar-refractivity contribution in [3.05, 3.63) is 21.0 Å². The molecule has 2 rings (SSSR count). The second-order valence-electron chi connectivity index (χ2n) is 6.77. The molecule has 118 valence electrons. The molecule has 0 aliphatic heterocycles. The first-order chi connectivity index (χ1) is 9.73. The number of nitrogens with zero attached hydrogens (tertiary/aromatic N) is 2. The van der Waals surface area contributed by atoms with E-state index in [0.717, 1.165) is 12.2 Å². The molecular weight excluding hydrogens is 334 g/mol. The highest BCUT2D eigenvalue weighted by molar-refractivity contribution is 9.10. The van der Waals surface area contributed by atoms with Crippen molar-refractivity contribution in [3.63, 3.8) is 0 Å². The number of anilines is 1. The van der Waals surface area contributed by atoms with Crippen molar-refractivity contribution in [2.45, 2.75) is 34.2 Å². The Morgan fingerprint density at radius 3 is 2.52 bits per heavy atom. The van der Waals surface area contributed by atoms with E-state index in [2.05, 4.69) is 54.0 Å². The number of methoxy groups -OCH3 is 1. The largest absolute Gasteiger partial charge is 0.383 e. The SMILES string of the molecule is COCCn1ncc(NCC2C(C)(C)C2(C)C)c(Br)c1=O. The molecule has 0 unspecified atom stereocenters. The van der Waals surface area contributed by atoms with E-state index in [4.69, 9.17) is 4.74 Å². The van der Waals surface area contributed by atoms with Crippen molar-refractivity contribution in [1.29, 1.82) is 0 Å². The maximum Gasteiger partial charge on any atom is 0.283 e. The molecule has 1 aromatic heterocycles. The predicted molar refractivity (Wildman–Crippen MR) is 87.6 cm³/mol. The monoisotopic (exact) mass is 357 g/mol. The normalized spacial score (nSPS) is 19.5. The van der Waals surface area contributed by atoms with Crippen molar-refractivity contribution in [2.24, 2.45) is 16.7 Å². The number of aromatic nitrogens is 2. The standard InChI is InChI=1S/C15H24BrN3O2/c1-14(2)11(15(14,3)4)9-17-10-8-18-19(6-7-21-5)13(20)12(10)16/h8,11,17H,6-7,9H2,1-5H3. The quantitative estimate of drug-likeness (QED) is 0.850. The summed E-state index contributed by atoms with van der Waals surface area (Å²) >= 11 is 3.37. The highest BCUT2D eigenvalue weighted by Gasteiger charge is 2.64. The molecule has 0 aromatic carbocycles. The average molecular weight is 358 g/mol. The van der Waals surface area contributed by atoms with Crippen LogP contribution in [-0.2, 0) is 11.3 Å². The fraction of sp³-hybridized carbons (Fsp3) is 0.733. The smallest absolute Gasteiger partial charge is 0.283 e. The zero-order chi connectivity index (χ0) is 15.8. The van der Waals surface area contributed by atoms with Gasteiger partial charge in [-0.25, -0.2) is 4.68 Å². The lowest BCUT2D eigenvalue weighted by atomic mass is 10.0. The van der Waals surface area contributed by atoms with E-state index in [1.807, 2.05) is 0 Å². The summed E-state index contributed by atoms with van der Waals surface area (Å²) in [5.41, 5.74) is 1.28. The van der Waals surface area contributed by atoms with Gasteiger partial charge in [0.05, 0.1) is 25.0 Å². The summed E-state index contributed by atoms with van der Waals surface area (Å²) in [6, 6.07) is 0. The summed E-state index contributed by atoms with van der Waals surface area (Å²) in [6.45, 7) is 10.9. The van der Waals surface area contributed by atoms with Crippen LogP contribution in [0.25, 0.3) is 0 Å². The molecule has 0 spiro atoms. The Labute approximate surface area is 134 Å². The Morgan fingerprint density at radius 1 is 1.38 bits per heavy atom. The Morgan fingerprint density at radius 2 is 2.00 bits per heavy atom. The van der Waals surface area contributed by atoms with E-state index in [1.54, 1.807) is 13.3 Å². The Hall–Kier alpha value is -0.880. The molecule has 0 amide bonds. The highest BCUT2D eigenvalue weighted by Crippen LogP contribution is 2.68. The summed E-state index contributed by atoms with van der Waals surface area (Å²) < 4.78 is 6.91. The molecule has 5 nitrogen and oxygen atoms in total. The van der Waals surface area contributed by atoms with Crippen molar-refractivity contribution in [1.82, 2.24) is 9.78 Å². The molecule has 0 saturated heterocycles. The van der Waals surface area contributed by atoms with Gasteiger partial charge < -0.3 is 10.1 Å². The summed E-state index contributed by atoms with van der Waals surface area (Å²) in [5.74, 6) is 0.591. The van der Waals surface area contributed by atoms with Gasteiger partial charge in [-0.15, -0.1) is 0 Å². The van der Waals surface area contributed by atoms with Crippen LogP contribution in [0.4, 0.5) is 5.69 Å². The third-order valence-electron chi connectivity index (χ3n) is 5.31. The van der Waals surface area contributed by atoms with E-state index in [9.17, 15) is 4.79 Å². The third-order valence-corrected chi connectivity index (χ3v) is 6.07. The topological polar surface area (TPSA) is 56.1 Å². The van der Waals surface area contributed by atoms with Gasteiger partial charge in [-0.2, -0.15) is 5.10 Å². The lowest BCUT2D eigenvalue weighted by Gasteiger charge is -2.11. The van der Waals surface area contributed by atoms with Gasteiger partial charge in [0, 0.05) is 13.7 Å². The average Bonchev–Trinajstić information content (AvgIpc) is 2.81. The molecule has 1 N–H and O–H groups in total. The van der Waals surface area contributed by atoms with Crippen LogP contribution >= 0.6 is 15.9 Å². The lowest BCUT2D eigenvalue weighted by molar-refractivity contribution is 0.181. The second kappa shape index (κ2) is 5.72. The molecule has 0 radical (unpaired) electrons. The maximum absolute atomic E-state index is 12.2. The Bertz CT molecular complexity index is 567. The molecule has 1 aromatic rings. The first-order valence-electron chi connectivity index (χ1n) is 7.22. The van der Waals surface area contributed by atoms with Crippen molar-refractivity contribution >= 4 is 21.6 Å². The minimum absolute atomic E-state index is 0.133. The summed E-state index contributed by atoms with van der Waals surface area (Å²) in [5, 5.41) is 7.54. The van der Waals surface area contributed by atoms with Gasteiger partial charge in [-0.05, 0) is 32.7 Å². The number of hydrogen-bond donors (Lipinski definition) is 1. The molecule has 1 aliphatic carbocycles. The zero-order valence-electron chi connectivity index (χ0n) is 13.4. The summed E-state index contributed by atoms with van der Waals surface area (Å²) in [6.07, 6.45) is 1.70. The number of halogens is 1. The third kappa shape index (κ3) is 2.88.